The van der Waals surface area contributed by atoms with Crippen molar-refractivity contribution in [3.63, 3.8) is 0 Å². The number of aliphatic carboxylic acids is 1. The Labute approximate surface area is 149 Å². The number of anilines is 1. The molecular formula is C17H15Cl2NO4. The predicted octanol–water partition coefficient (Wildman–Crippen LogP) is 4.12. The Hall–Kier alpha value is -2.24. The summed E-state index contributed by atoms with van der Waals surface area (Å²) < 4.78 is 5.08. The van der Waals surface area contributed by atoms with Gasteiger partial charge in [0.1, 0.15) is 11.8 Å². The smallest absolute Gasteiger partial charge is 0.326 e. The first-order chi connectivity index (χ1) is 11.3. The summed E-state index contributed by atoms with van der Waals surface area (Å²) in [6.45, 7) is 1.42. The molecule has 1 N–H and O–H groups in total. The maximum atomic E-state index is 12.9. The number of carbonyl (C=O) groups is 2. The number of ether oxygens (including phenoxy) is 1. The zero-order valence-corrected chi connectivity index (χ0v) is 14.5. The molecule has 7 heteroatoms. The van der Waals surface area contributed by atoms with Gasteiger partial charge in [-0.1, -0.05) is 23.2 Å². The zero-order chi connectivity index (χ0) is 17.9. The summed E-state index contributed by atoms with van der Waals surface area (Å²) in [5, 5.41) is 9.89. The molecule has 0 aliphatic carbocycles. The molecule has 1 atom stereocenters. The lowest BCUT2D eigenvalue weighted by atomic mass is 10.1. The number of hydrogen-bond acceptors (Lipinski definition) is 3. The van der Waals surface area contributed by atoms with Gasteiger partial charge in [0.05, 0.1) is 17.7 Å². The predicted molar refractivity (Wildman–Crippen MR) is 93.4 cm³/mol. The van der Waals surface area contributed by atoms with Crippen LogP contribution in [0.2, 0.25) is 10.0 Å². The summed E-state index contributed by atoms with van der Waals surface area (Å²) in [6, 6.07) is 9.86. The van der Waals surface area contributed by atoms with Gasteiger partial charge in [0, 0.05) is 10.7 Å². The van der Waals surface area contributed by atoms with E-state index in [1.54, 1.807) is 24.3 Å². The largest absolute Gasteiger partial charge is 0.497 e. The number of carboxylic acid groups (broad SMARTS) is 1. The van der Waals surface area contributed by atoms with Crippen LogP contribution in [0, 0.1) is 0 Å². The van der Waals surface area contributed by atoms with Gasteiger partial charge < -0.3 is 9.84 Å². The normalized spacial score (nSPS) is 11.7. The van der Waals surface area contributed by atoms with Crippen LogP contribution in [0.15, 0.2) is 42.5 Å². The maximum Gasteiger partial charge on any atom is 0.326 e. The Bertz CT molecular complexity index is 762. The molecule has 5 nitrogen and oxygen atoms in total. The van der Waals surface area contributed by atoms with Crippen LogP contribution >= 0.6 is 23.2 Å². The maximum absolute atomic E-state index is 12.9. The van der Waals surface area contributed by atoms with Crippen LogP contribution in [0.3, 0.4) is 0 Å². The highest BCUT2D eigenvalue weighted by atomic mass is 35.5. The van der Waals surface area contributed by atoms with Crippen LogP contribution in [0.4, 0.5) is 5.69 Å². The van der Waals surface area contributed by atoms with Crippen LogP contribution in [-0.4, -0.2) is 30.1 Å². The second kappa shape index (κ2) is 7.55. The van der Waals surface area contributed by atoms with E-state index >= 15 is 0 Å². The minimum absolute atomic E-state index is 0.156. The third kappa shape index (κ3) is 3.80. The average molecular weight is 368 g/mol. The van der Waals surface area contributed by atoms with Crippen LogP contribution in [0.1, 0.15) is 17.3 Å². The highest BCUT2D eigenvalue weighted by Gasteiger charge is 2.29. The third-order valence-electron chi connectivity index (χ3n) is 3.48. The van der Waals surface area contributed by atoms with Crippen LogP contribution in [0.25, 0.3) is 0 Å². The molecular weight excluding hydrogens is 353 g/mol. The zero-order valence-electron chi connectivity index (χ0n) is 13.0. The van der Waals surface area contributed by atoms with Gasteiger partial charge in [-0.15, -0.1) is 0 Å². The molecule has 0 saturated carbocycles. The van der Waals surface area contributed by atoms with Crippen molar-refractivity contribution in [2.75, 3.05) is 12.0 Å². The van der Waals surface area contributed by atoms with Crippen molar-refractivity contribution >= 4 is 40.8 Å². The molecule has 0 spiro atoms. The molecule has 0 bridgehead atoms. The van der Waals surface area contributed by atoms with E-state index in [9.17, 15) is 14.7 Å². The first-order valence-electron chi connectivity index (χ1n) is 7.00. The Balaban J connectivity index is 2.48. The number of methoxy groups -OCH3 is 1. The molecule has 2 aromatic carbocycles. The second-order valence-electron chi connectivity index (χ2n) is 5.01. The van der Waals surface area contributed by atoms with E-state index in [0.717, 1.165) is 4.90 Å². The van der Waals surface area contributed by atoms with Crippen molar-refractivity contribution in [1.29, 1.82) is 0 Å². The first kappa shape index (κ1) is 18.1. The van der Waals surface area contributed by atoms with Gasteiger partial charge in [-0.3, -0.25) is 9.69 Å². The molecule has 0 heterocycles. The molecule has 1 amide bonds. The first-order valence-corrected chi connectivity index (χ1v) is 7.76. The van der Waals surface area contributed by atoms with Crippen LogP contribution in [0.5, 0.6) is 5.75 Å². The number of nitrogens with zero attached hydrogens (tertiary/aromatic N) is 1. The minimum atomic E-state index is -1.13. The summed E-state index contributed by atoms with van der Waals surface area (Å²) >= 11 is 11.9. The van der Waals surface area contributed by atoms with Gasteiger partial charge in [0.15, 0.2) is 0 Å². The fourth-order valence-electron chi connectivity index (χ4n) is 2.16. The van der Waals surface area contributed by atoms with E-state index < -0.39 is 17.9 Å². The third-order valence-corrected chi connectivity index (χ3v) is 4.02. The number of carboxylic acids is 1. The molecule has 1 unspecified atom stereocenters. The number of amides is 1. The SMILES string of the molecule is COc1ccc(N(C(=O)c2ccc(Cl)cc2Cl)C(C)C(=O)O)cc1. The number of halogens is 2. The average Bonchev–Trinajstić information content (AvgIpc) is 2.55. The van der Waals surface area contributed by atoms with Gasteiger partial charge in [0.2, 0.25) is 0 Å². The van der Waals surface area contributed by atoms with E-state index in [2.05, 4.69) is 0 Å². The molecule has 0 aliphatic heterocycles. The standard InChI is InChI=1S/C17H15Cl2NO4/c1-10(17(22)23)20(12-4-6-13(24-2)7-5-12)16(21)14-8-3-11(18)9-15(14)19/h3-10H,1-2H3,(H,22,23). The Kier molecular flexibility index (Phi) is 5.70. The molecule has 0 saturated heterocycles. The summed E-state index contributed by atoms with van der Waals surface area (Å²) in [6.07, 6.45) is 0. The molecule has 0 aromatic heterocycles. The summed E-state index contributed by atoms with van der Waals surface area (Å²) in [7, 11) is 1.52. The number of rotatable bonds is 5. The fraction of sp³-hybridized carbons (Fsp3) is 0.176. The van der Waals surface area contributed by atoms with Gasteiger partial charge >= 0.3 is 5.97 Å². The van der Waals surface area contributed by atoms with E-state index in [0.29, 0.717) is 16.5 Å². The van der Waals surface area contributed by atoms with Crippen LogP contribution < -0.4 is 9.64 Å². The molecule has 0 radical (unpaired) electrons. The molecule has 0 aliphatic rings. The minimum Gasteiger partial charge on any atom is -0.497 e. The Morgan fingerprint density at radius 1 is 1.12 bits per heavy atom. The monoisotopic (exact) mass is 367 g/mol. The quantitative estimate of drug-likeness (QED) is 0.862. The molecule has 24 heavy (non-hydrogen) atoms. The van der Waals surface area contributed by atoms with E-state index in [1.165, 1.54) is 32.2 Å². The van der Waals surface area contributed by atoms with E-state index in [1.807, 2.05) is 0 Å². The lowest BCUT2D eigenvalue weighted by molar-refractivity contribution is -0.138. The summed E-state index contributed by atoms with van der Waals surface area (Å²) in [5.41, 5.74) is 0.590. The van der Waals surface area contributed by atoms with Gasteiger partial charge in [0.25, 0.3) is 5.91 Å². The van der Waals surface area contributed by atoms with Crippen molar-refractivity contribution in [2.24, 2.45) is 0 Å². The Morgan fingerprint density at radius 2 is 1.75 bits per heavy atom. The van der Waals surface area contributed by atoms with E-state index in [4.69, 9.17) is 27.9 Å². The molecule has 126 valence electrons. The lowest BCUT2D eigenvalue weighted by Crippen LogP contribution is -2.43. The fourth-order valence-corrected chi connectivity index (χ4v) is 2.65. The molecule has 2 rings (SSSR count). The summed E-state index contributed by atoms with van der Waals surface area (Å²) in [5.74, 6) is -1.07. The van der Waals surface area contributed by atoms with Crippen molar-refractivity contribution < 1.29 is 19.4 Å². The van der Waals surface area contributed by atoms with E-state index in [-0.39, 0.29) is 10.6 Å². The number of benzene rings is 2. The van der Waals surface area contributed by atoms with Crippen LogP contribution in [-0.2, 0) is 4.79 Å². The van der Waals surface area contributed by atoms with Crippen molar-refractivity contribution in [3.8, 4) is 5.75 Å². The Morgan fingerprint density at radius 3 is 2.25 bits per heavy atom. The number of hydrogen-bond donors (Lipinski definition) is 1. The molecule has 0 fully saturated rings. The van der Waals surface area contributed by atoms with Gasteiger partial charge in [-0.05, 0) is 49.4 Å². The summed E-state index contributed by atoms with van der Waals surface area (Å²) in [4.78, 5) is 25.5. The highest BCUT2D eigenvalue weighted by molar-refractivity contribution is 6.37. The van der Waals surface area contributed by atoms with Crippen molar-refractivity contribution in [2.45, 2.75) is 13.0 Å². The van der Waals surface area contributed by atoms with Crippen molar-refractivity contribution in [1.82, 2.24) is 0 Å². The highest BCUT2D eigenvalue weighted by Crippen LogP contribution is 2.27. The van der Waals surface area contributed by atoms with Crippen molar-refractivity contribution in [3.05, 3.63) is 58.1 Å². The molecule has 2 aromatic rings. The number of carbonyl (C=O) groups excluding carboxylic acids is 1. The topological polar surface area (TPSA) is 66.8 Å². The second-order valence-corrected chi connectivity index (χ2v) is 5.86. The lowest BCUT2D eigenvalue weighted by Gasteiger charge is -2.27. The van der Waals surface area contributed by atoms with Gasteiger partial charge in [-0.2, -0.15) is 0 Å². The van der Waals surface area contributed by atoms with Gasteiger partial charge in [-0.25, -0.2) is 4.79 Å².